The second-order valence-corrected chi connectivity index (χ2v) is 5.35. The molecular weight excluding hydrogens is 336 g/mol. The van der Waals surface area contributed by atoms with Gasteiger partial charge in [-0.05, 0) is 31.2 Å². The zero-order chi connectivity index (χ0) is 18.9. The van der Waals surface area contributed by atoms with E-state index in [1.54, 1.807) is 12.1 Å². The number of ether oxygens (including phenoxy) is 4. The summed E-state index contributed by atoms with van der Waals surface area (Å²) in [6.07, 6.45) is 1.48. The van der Waals surface area contributed by atoms with Gasteiger partial charge in [-0.15, -0.1) is 0 Å². The summed E-state index contributed by atoms with van der Waals surface area (Å²) >= 11 is 0. The van der Waals surface area contributed by atoms with Gasteiger partial charge in [0.1, 0.15) is 5.75 Å². The third kappa shape index (κ3) is 5.14. The van der Waals surface area contributed by atoms with Gasteiger partial charge in [-0.3, -0.25) is 4.79 Å². The van der Waals surface area contributed by atoms with Crippen LogP contribution < -0.4 is 24.4 Å². The minimum atomic E-state index is -0.366. The first-order valence-electron chi connectivity index (χ1n) is 7.88. The van der Waals surface area contributed by atoms with E-state index in [1.165, 1.54) is 27.5 Å². The molecule has 0 aromatic heterocycles. The van der Waals surface area contributed by atoms with Crippen LogP contribution in [0.2, 0.25) is 0 Å². The molecule has 2 aromatic carbocycles. The highest BCUT2D eigenvalue weighted by Gasteiger charge is 2.12. The summed E-state index contributed by atoms with van der Waals surface area (Å²) in [7, 11) is 4.59. The zero-order valence-corrected chi connectivity index (χ0v) is 15.2. The van der Waals surface area contributed by atoms with Crippen LogP contribution >= 0.6 is 0 Å². The molecule has 1 amide bonds. The maximum atomic E-state index is 11.8. The van der Waals surface area contributed by atoms with Crippen molar-refractivity contribution in [3.63, 3.8) is 0 Å². The number of methoxy groups -OCH3 is 3. The van der Waals surface area contributed by atoms with Gasteiger partial charge in [0, 0.05) is 5.56 Å². The Morgan fingerprint density at radius 3 is 2.19 bits per heavy atom. The van der Waals surface area contributed by atoms with Gasteiger partial charge >= 0.3 is 0 Å². The van der Waals surface area contributed by atoms with Crippen LogP contribution in [0, 0.1) is 6.92 Å². The van der Waals surface area contributed by atoms with Gasteiger partial charge in [0.25, 0.3) is 5.91 Å². The van der Waals surface area contributed by atoms with Crippen LogP contribution in [0.25, 0.3) is 0 Å². The Kier molecular flexibility index (Phi) is 6.84. The van der Waals surface area contributed by atoms with Gasteiger partial charge in [0.05, 0.1) is 27.5 Å². The van der Waals surface area contributed by atoms with Crippen LogP contribution in [0.5, 0.6) is 23.0 Å². The lowest BCUT2D eigenvalue weighted by Gasteiger charge is -2.12. The number of amides is 1. The van der Waals surface area contributed by atoms with Crippen molar-refractivity contribution in [3.8, 4) is 23.0 Å². The predicted molar refractivity (Wildman–Crippen MR) is 98.5 cm³/mol. The summed E-state index contributed by atoms with van der Waals surface area (Å²) in [6, 6.07) is 10.9. The molecule has 0 radical (unpaired) electrons. The van der Waals surface area contributed by atoms with Crippen molar-refractivity contribution >= 4 is 12.1 Å². The summed E-state index contributed by atoms with van der Waals surface area (Å²) < 4.78 is 21.2. The number of rotatable bonds is 8. The van der Waals surface area contributed by atoms with E-state index in [2.05, 4.69) is 10.5 Å². The molecule has 0 saturated heterocycles. The van der Waals surface area contributed by atoms with Gasteiger partial charge in [-0.25, -0.2) is 5.43 Å². The van der Waals surface area contributed by atoms with Crippen molar-refractivity contribution in [2.45, 2.75) is 6.92 Å². The molecule has 0 aliphatic rings. The first-order chi connectivity index (χ1) is 12.6. The van der Waals surface area contributed by atoms with Crippen molar-refractivity contribution in [3.05, 3.63) is 47.5 Å². The molecular formula is C19H22N2O5. The topological polar surface area (TPSA) is 78.4 Å². The van der Waals surface area contributed by atoms with E-state index >= 15 is 0 Å². The van der Waals surface area contributed by atoms with Crippen molar-refractivity contribution in [2.24, 2.45) is 5.10 Å². The molecule has 0 aliphatic carbocycles. The summed E-state index contributed by atoms with van der Waals surface area (Å²) in [5, 5.41) is 3.92. The van der Waals surface area contributed by atoms with Crippen molar-refractivity contribution < 1.29 is 23.7 Å². The van der Waals surface area contributed by atoms with Crippen LogP contribution in [0.15, 0.2) is 41.5 Å². The van der Waals surface area contributed by atoms with Crippen molar-refractivity contribution in [1.82, 2.24) is 5.43 Å². The van der Waals surface area contributed by atoms with Gasteiger partial charge < -0.3 is 18.9 Å². The zero-order valence-electron chi connectivity index (χ0n) is 15.2. The lowest BCUT2D eigenvalue weighted by molar-refractivity contribution is -0.123. The molecule has 138 valence electrons. The second-order valence-electron chi connectivity index (χ2n) is 5.35. The van der Waals surface area contributed by atoms with Gasteiger partial charge in [-0.1, -0.05) is 17.7 Å². The molecule has 2 aromatic rings. The molecule has 7 nitrogen and oxygen atoms in total. The van der Waals surface area contributed by atoms with E-state index in [0.717, 1.165) is 5.56 Å². The number of carbonyl (C=O) groups is 1. The lowest BCUT2D eigenvalue weighted by atomic mass is 10.2. The smallest absolute Gasteiger partial charge is 0.277 e. The Labute approximate surface area is 152 Å². The van der Waals surface area contributed by atoms with Crippen molar-refractivity contribution in [1.29, 1.82) is 0 Å². The van der Waals surface area contributed by atoms with E-state index in [4.69, 9.17) is 18.9 Å². The van der Waals surface area contributed by atoms with Gasteiger partial charge in [0.2, 0.25) is 5.75 Å². The molecule has 26 heavy (non-hydrogen) atoms. The lowest BCUT2D eigenvalue weighted by Crippen LogP contribution is -2.24. The SMILES string of the molecule is COc1cc(/C=N/NC(=O)COc2ccc(C)cc2)cc(OC)c1OC. The number of hydrogen-bond acceptors (Lipinski definition) is 6. The molecule has 0 aliphatic heterocycles. The minimum absolute atomic E-state index is 0.129. The van der Waals surface area contributed by atoms with Crippen LogP contribution in [0.1, 0.15) is 11.1 Å². The number of benzene rings is 2. The summed E-state index contributed by atoms with van der Waals surface area (Å²) in [6.45, 7) is 1.85. The minimum Gasteiger partial charge on any atom is -0.493 e. The third-order valence-electron chi connectivity index (χ3n) is 3.48. The largest absolute Gasteiger partial charge is 0.493 e. The van der Waals surface area contributed by atoms with Crippen LogP contribution in [0.3, 0.4) is 0 Å². The fourth-order valence-electron chi connectivity index (χ4n) is 2.17. The highest BCUT2D eigenvalue weighted by atomic mass is 16.5. The molecule has 0 unspecified atom stereocenters. The number of nitrogens with one attached hydrogen (secondary N) is 1. The Balaban J connectivity index is 1.94. The highest BCUT2D eigenvalue weighted by molar-refractivity contribution is 5.84. The normalized spacial score (nSPS) is 10.5. The van der Waals surface area contributed by atoms with Gasteiger partial charge in [0.15, 0.2) is 18.1 Å². The summed E-state index contributed by atoms with van der Waals surface area (Å²) in [5.74, 6) is 1.75. The predicted octanol–water partition coefficient (Wildman–Crippen LogP) is 2.55. The van der Waals surface area contributed by atoms with E-state index in [1.807, 2.05) is 31.2 Å². The number of hydrazone groups is 1. The standard InChI is InChI=1S/C19H22N2O5/c1-13-5-7-15(8-6-13)26-12-18(22)21-20-11-14-9-16(23-2)19(25-4)17(10-14)24-3/h5-11H,12H2,1-4H3,(H,21,22)/b20-11+. The molecule has 0 saturated carbocycles. The van der Waals surface area contributed by atoms with Crippen LogP contribution in [0.4, 0.5) is 0 Å². The molecule has 0 atom stereocenters. The fourth-order valence-corrected chi connectivity index (χ4v) is 2.17. The highest BCUT2D eigenvalue weighted by Crippen LogP contribution is 2.37. The third-order valence-corrected chi connectivity index (χ3v) is 3.48. The van der Waals surface area contributed by atoms with Crippen molar-refractivity contribution in [2.75, 3.05) is 27.9 Å². The van der Waals surface area contributed by atoms with E-state index in [0.29, 0.717) is 28.6 Å². The number of carbonyl (C=O) groups excluding carboxylic acids is 1. The second kappa shape index (κ2) is 9.31. The monoisotopic (exact) mass is 358 g/mol. The average molecular weight is 358 g/mol. The molecule has 0 spiro atoms. The number of nitrogens with zero attached hydrogens (tertiary/aromatic N) is 1. The molecule has 2 rings (SSSR count). The Hall–Kier alpha value is -3.22. The Morgan fingerprint density at radius 2 is 1.65 bits per heavy atom. The first kappa shape index (κ1) is 19.1. The van der Waals surface area contributed by atoms with Gasteiger partial charge in [-0.2, -0.15) is 5.10 Å². The summed E-state index contributed by atoms with van der Waals surface area (Å²) in [5.41, 5.74) is 4.21. The maximum Gasteiger partial charge on any atom is 0.277 e. The Morgan fingerprint density at radius 1 is 1.04 bits per heavy atom. The first-order valence-corrected chi connectivity index (χ1v) is 7.88. The quantitative estimate of drug-likeness (QED) is 0.580. The Bertz CT molecular complexity index is 747. The van der Waals surface area contributed by atoms with E-state index < -0.39 is 0 Å². The molecule has 0 bridgehead atoms. The number of hydrogen-bond donors (Lipinski definition) is 1. The maximum absolute atomic E-state index is 11.8. The van der Waals surface area contributed by atoms with Crippen LogP contribution in [-0.2, 0) is 4.79 Å². The summed E-state index contributed by atoms with van der Waals surface area (Å²) in [4.78, 5) is 11.8. The van der Waals surface area contributed by atoms with Crippen LogP contribution in [-0.4, -0.2) is 40.1 Å². The number of aryl methyl sites for hydroxylation is 1. The van der Waals surface area contributed by atoms with E-state index in [-0.39, 0.29) is 12.5 Å². The fraction of sp³-hybridized carbons (Fsp3) is 0.263. The molecule has 0 heterocycles. The average Bonchev–Trinajstić information content (AvgIpc) is 2.66. The molecule has 0 fully saturated rings. The molecule has 1 N–H and O–H groups in total. The molecule has 7 heteroatoms. The van der Waals surface area contributed by atoms with E-state index in [9.17, 15) is 4.79 Å².